The SMILES string of the molecule is CN1CCC(C(=O)C(C)(C)C#N)C1. The number of carbonyl (C=O) groups excluding carboxylic acids is 1. The zero-order chi connectivity index (χ0) is 10.1. The smallest absolute Gasteiger partial charge is 0.156 e. The Morgan fingerprint density at radius 1 is 1.62 bits per heavy atom. The van der Waals surface area contributed by atoms with E-state index in [1.54, 1.807) is 13.8 Å². The molecule has 1 atom stereocenters. The highest BCUT2D eigenvalue weighted by Crippen LogP contribution is 2.25. The van der Waals surface area contributed by atoms with Crippen LogP contribution in [0.1, 0.15) is 20.3 Å². The molecule has 0 aliphatic carbocycles. The van der Waals surface area contributed by atoms with Gasteiger partial charge >= 0.3 is 0 Å². The van der Waals surface area contributed by atoms with Crippen LogP contribution < -0.4 is 0 Å². The Bertz CT molecular complexity index is 252. The maximum Gasteiger partial charge on any atom is 0.156 e. The number of hydrogen-bond donors (Lipinski definition) is 0. The van der Waals surface area contributed by atoms with E-state index in [1.165, 1.54) is 0 Å². The average molecular weight is 180 g/mol. The van der Waals surface area contributed by atoms with Gasteiger partial charge < -0.3 is 4.90 Å². The van der Waals surface area contributed by atoms with E-state index in [1.807, 2.05) is 7.05 Å². The summed E-state index contributed by atoms with van der Waals surface area (Å²) >= 11 is 0. The van der Waals surface area contributed by atoms with Crippen molar-refractivity contribution in [2.75, 3.05) is 20.1 Å². The first-order valence-corrected chi connectivity index (χ1v) is 4.61. The van der Waals surface area contributed by atoms with Gasteiger partial charge in [0.25, 0.3) is 0 Å². The molecule has 0 radical (unpaired) electrons. The third kappa shape index (κ3) is 2.07. The standard InChI is InChI=1S/C10H16N2O/c1-10(2,7-11)9(13)8-4-5-12(3)6-8/h8H,4-6H2,1-3H3. The average Bonchev–Trinajstić information content (AvgIpc) is 2.50. The van der Waals surface area contributed by atoms with Crippen LogP contribution in [0.2, 0.25) is 0 Å². The van der Waals surface area contributed by atoms with E-state index >= 15 is 0 Å². The highest BCUT2D eigenvalue weighted by atomic mass is 16.1. The number of Topliss-reactive ketones (excluding diaryl/α,β-unsaturated/α-hetero) is 1. The van der Waals surface area contributed by atoms with E-state index in [2.05, 4.69) is 11.0 Å². The molecular formula is C10H16N2O. The monoisotopic (exact) mass is 180 g/mol. The Labute approximate surface area is 79.3 Å². The van der Waals surface area contributed by atoms with Crippen LogP contribution in [0, 0.1) is 22.7 Å². The van der Waals surface area contributed by atoms with Crippen LogP contribution in [0.5, 0.6) is 0 Å². The second-order valence-electron chi connectivity index (χ2n) is 4.35. The lowest BCUT2D eigenvalue weighted by atomic mass is 9.82. The number of rotatable bonds is 2. The Morgan fingerprint density at radius 3 is 2.62 bits per heavy atom. The number of ketones is 1. The molecule has 0 spiro atoms. The predicted molar refractivity (Wildman–Crippen MR) is 50.0 cm³/mol. The lowest BCUT2D eigenvalue weighted by molar-refractivity contribution is -0.128. The van der Waals surface area contributed by atoms with Gasteiger partial charge in [-0.05, 0) is 33.9 Å². The molecule has 0 aromatic heterocycles. The van der Waals surface area contributed by atoms with E-state index < -0.39 is 5.41 Å². The van der Waals surface area contributed by atoms with Crippen LogP contribution in [-0.2, 0) is 4.79 Å². The number of likely N-dealkylation sites (tertiary alicyclic amines) is 1. The number of carbonyl (C=O) groups is 1. The molecule has 13 heavy (non-hydrogen) atoms. The summed E-state index contributed by atoms with van der Waals surface area (Å²) in [5.74, 6) is 0.166. The van der Waals surface area contributed by atoms with Crippen molar-refractivity contribution in [2.24, 2.45) is 11.3 Å². The van der Waals surface area contributed by atoms with Gasteiger partial charge in [-0.15, -0.1) is 0 Å². The van der Waals surface area contributed by atoms with Gasteiger partial charge in [-0.1, -0.05) is 0 Å². The van der Waals surface area contributed by atoms with Gasteiger partial charge in [0.2, 0.25) is 0 Å². The number of nitriles is 1. The van der Waals surface area contributed by atoms with E-state index in [9.17, 15) is 4.79 Å². The summed E-state index contributed by atoms with van der Waals surface area (Å²) in [5, 5.41) is 8.81. The Morgan fingerprint density at radius 2 is 2.23 bits per heavy atom. The van der Waals surface area contributed by atoms with Gasteiger partial charge in [-0.25, -0.2) is 0 Å². The molecule has 0 N–H and O–H groups in total. The molecule has 0 bridgehead atoms. The summed E-state index contributed by atoms with van der Waals surface area (Å²) in [7, 11) is 2.01. The van der Waals surface area contributed by atoms with Crippen molar-refractivity contribution in [3.8, 4) is 6.07 Å². The molecule has 1 aliphatic rings. The largest absolute Gasteiger partial charge is 0.306 e. The maximum absolute atomic E-state index is 11.8. The summed E-state index contributed by atoms with van der Waals surface area (Å²) in [6, 6.07) is 2.06. The van der Waals surface area contributed by atoms with E-state index in [0.29, 0.717) is 0 Å². The molecule has 0 amide bonds. The molecule has 1 unspecified atom stereocenters. The summed E-state index contributed by atoms with van der Waals surface area (Å²) < 4.78 is 0. The van der Waals surface area contributed by atoms with Crippen molar-refractivity contribution in [1.29, 1.82) is 5.26 Å². The molecule has 1 saturated heterocycles. The van der Waals surface area contributed by atoms with Gasteiger partial charge in [0, 0.05) is 12.5 Å². The molecule has 72 valence electrons. The van der Waals surface area contributed by atoms with Gasteiger partial charge in [-0.2, -0.15) is 5.26 Å². The fraction of sp³-hybridized carbons (Fsp3) is 0.800. The van der Waals surface area contributed by atoms with Crippen LogP contribution in [0.15, 0.2) is 0 Å². The van der Waals surface area contributed by atoms with Gasteiger partial charge in [0.15, 0.2) is 5.78 Å². The fourth-order valence-corrected chi connectivity index (χ4v) is 1.71. The lowest BCUT2D eigenvalue weighted by Crippen LogP contribution is -2.31. The first kappa shape index (κ1) is 10.2. The summed E-state index contributed by atoms with van der Waals surface area (Å²) in [4.78, 5) is 13.9. The first-order chi connectivity index (χ1) is 5.97. The molecule has 1 fully saturated rings. The molecular weight excluding hydrogens is 164 g/mol. The molecule has 3 nitrogen and oxygen atoms in total. The van der Waals surface area contributed by atoms with Crippen molar-refractivity contribution >= 4 is 5.78 Å². The number of nitrogens with zero attached hydrogens (tertiary/aromatic N) is 2. The van der Waals surface area contributed by atoms with E-state index in [4.69, 9.17) is 5.26 Å². The normalized spacial score (nSPS) is 24.3. The molecule has 1 heterocycles. The zero-order valence-electron chi connectivity index (χ0n) is 8.50. The predicted octanol–water partition coefficient (Wildman–Crippen LogP) is 1.06. The lowest BCUT2D eigenvalue weighted by Gasteiger charge is -2.18. The van der Waals surface area contributed by atoms with Crippen LogP contribution >= 0.6 is 0 Å². The summed E-state index contributed by atoms with van der Waals surface area (Å²) in [6.07, 6.45) is 0.903. The summed E-state index contributed by atoms with van der Waals surface area (Å²) in [6.45, 7) is 5.18. The second-order valence-corrected chi connectivity index (χ2v) is 4.35. The Hall–Kier alpha value is -0.880. The minimum Gasteiger partial charge on any atom is -0.306 e. The quantitative estimate of drug-likeness (QED) is 0.638. The number of hydrogen-bond acceptors (Lipinski definition) is 3. The van der Waals surface area contributed by atoms with E-state index in [0.717, 1.165) is 19.5 Å². The van der Waals surface area contributed by atoms with Crippen molar-refractivity contribution in [1.82, 2.24) is 4.90 Å². The molecule has 1 rings (SSSR count). The maximum atomic E-state index is 11.8. The second kappa shape index (κ2) is 3.47. The van der Waals surface area contributed by atoms with Crippen molar-refractivity contribution < 1.29 is 4.79 Å². The third-order valence-electron chi connectivity index (χ3n) is 2.66. The van der Waals surface area contributed by atoms with Crippen LogP contribution in [0.4, 0.5) is 0 Å². The van der Waals surface area contributed by atoms with E-state index in [-0.39, 0.29) is 11.7 Å². The topological polar surface area (TPSA) is 44.1 Å². The fourth-order valence-electron chi connectivity index (χ4n) is 1.71. The molecule has 0 aromatic carbocycles. The minimum absolute atomic E-state index is 0.0691. The molecule has 0 aromatic rings. The third-order valence-corrected chi connectivity index (χ3v) is 2.66. The van der Waals surface area contributed by atoms with Crippen molar-refractivity contribution in [2.45, 2.75) is 20.3 Å². The molecule has 1 aliphatic heterocycles. The summed E-state index contributed by atoms with van der Waals surface area (Å²) in [5.41, 5.74) is -0.810. The highest BCUT2D eigenvalue weighted by Gasteiger charge is 2.36. The Kier molecular flexibility index (Phi) is 2.72. The zero-order valence-corrected chi connectivity index (χ0v) is 8.50. The van der Waals surface area contributed by atoms with Crippen LogP contribution in [0.3, 0.4) is 0 Å². The minimum atomic E-state index is -0.810. The van der Waals surface area contributed by atoms with Gasteiger partial charge in [0.05, 0.1) is 6.07 Å². The van der Waals surface area contributed by atoms with Crippen molar-refractivity contribution in [3.63, 3.8) is 0 Å². The first-order valence-electron chi connectivity index (χ1n) is 4.61. The van der Waals surface area contributed by atoms with Crippen LogP contribution in [-0.4, -0.2) is 30.8 Å². The van der Waals surface area contributed by atoms with Crippen molar-refractivity contribution in [3.05, 3.63) is 0 Å². The molecule has 3 heteroatoms. The highest BCUT2D eigenvalue weighted by molar-refractivity contribution is 5.89. The van der Waals surface area contributed by atoms with Gasteiger partial charge in [0.1, 0.15) is 5.41 Å². The van der Waals surface area contributed by atoms with Gasteiger partial charge in [-0.3, -0.25) is 4.79 Å². The molecule has 0 saturated carbocycles. The Balaban J connectivity index is 2.65. The van der Waals surface area contributed by atoms with Crippen LogP contribution in [0.25, 0.3) is 0 Å².